The summed E-state index contributed by atoms with van der Waals surface area (Å²) in [4.78, 5) is 34.4. The van der Waals surface area contributed by atoms with Crippen LogP contribution in [-0.4, -0.2) is 174 Å². The van der Waals surface area contributed by atoms with E-state index in [1.54, 1.807) is 51.0 Å². The molecule has 0 radical (unpaired) electrons. The number of anilines is 4. The van der Waals surface area contributed by atoms with E-state index >= 15 is 0 Å². The molecule has 28 heteroatoms. The normalized spacial score (nSPS) is 14.2. The summed E-state index contributed by atoms with van der Waals surface area (Å²) >= 11 is 4.43. The fourth-order valence-corrected chi connectivity index (χ4v) is 38.1. The Bertz CT molecular complexity index is 5870. The average Bonchev–Trinajstić information content (AvgIpc) is 1.58. The number of halogens is 2. The van der Waals surface area contributed by atoms with Crippen LogP contribution in [0.4, 0.5) is 22.7 Å². The Morgan fingerprint density at radius 1 is 0.571 bits per heavy atom. The number of ether oxygens (including phenoxy) is 2. The van der Waals surface area contributed by atoms with Crippen LogP contribution in [0.1, 0.15) is 108 Å². The second kappa shape index (κ2) is 42.1. The van der Waals surface area contributed by atoms with Gasteiger partial charge in [-0.1, -0.05) is 84.6 Å². The number of morpholine rings is 1. The molecule has 0 saturated carbocycles. The molecular weight excluding hydrogens is 1930 g/mol. The standard InChI is InChI=1S/C27H30BN3O4S.C21H28BrN3OSi.C21H28N3Si.C17H16IN3O3S.3C4H9.Sn/c1-26(2)27(3,4)35-28(34-26)24-18-31(36(32,33)22-10-8-7-9-11-22)25-23(24)16-20(17-29-25)19-12-14-21(15-13-19)30(5)6;1-24(2)18-8-6-16(7-9-18)17-12-19-20(22)14-25(21(19)23-13-17)15-26-10-11-27(3,4)5;1-21(2,3)25(6,7)24-13-12-17-14-18(15-22-20(17)24)16-8-10-19(11-9-16)23(4)5;18-16-12-21(23-24-25-14-4-2-1-3-5-14)17-15(16)10-13(11-19-17)20-6-8-22-9-7-20;3*1-3-4-2;/h7-18H,1-6H3;6-9,12-14H,10-11,15H2,1-5H3;8-11,13-15H,1-7H3;1-5,10-12H,6-9H2;3*1,3-4H2,2H3;. The number of fused-ring (bicyclic) bond motifs is 4. The van der Waals surface area contributed by atoms with Gasteiger partial charge in [0.2, 0.25) is 0 Å². The zero-order chi connectivity index (χ0) is 90.7. The van der Waals surface area contributed by atoms with Crippen molar-refractivity contribution < 1.29 is 36.5 Å². The number of unbranched alkanes of at least 4 members (excludes halogenated alkanes) is 3. The summed E-state index contributed by atoms with van der Waals surface area (Å²) in [6, 6.07) is 53.8. The molecule has 5 aromatic carbocycles. The molecule has 13 aromatic rings. The van der Waals surface area contributed by atoms with Gasteiger partial charge in [0.25, 0.3) is 10.0 Å². The Labute approximate surface area is 781 Å². The molecule has 2 aliphatic rings. The van der Waals surface area contributed by atoms with Crippen molar-refractivity contribution >= 4 is 178 Å². The zero-order valence-corrected chi connectivity index (χ0v) is 88.0. The largest absolute Gasteiger partial charge is 0.497 e. The maximum absolute atomic E-state index is 13.6. The van der Waals surface area contributed by atoms with Crippen molar-refractivity contribution in [3.05, 3.63) is 215 Å². The molecule has 0 aliphatic carbocycles. The molecule has 0 amide bonds. The summed E-state index contributed by atoms with van der Waals surface area (Å²) < 4.78 is 72.4. The molecule has 0 unspecified atom stereocenters. The van der Waals surface area contributed by atoms with Crippen LogP contribution in [0.15, 0.2) is 222 Å². The number of rotatable bonds is 30. The van der Waals surface area contributed by atoms with Gasteiger partial charge in [-0.2, -0.15) is 0 Å². The third kappa shape index (κ3) is 23.1. The summed E-state index contributed by atoms with van der Waals surface area (Å²) in [5.74, 6) is 0. The zero-order valence-electron chi connectivity index (χ0n) is 77.7. The van der Waals surface area contributed by atoms with Gasteiger partial charge in [0.1, 0.15) is 12.4 Å². The molecule has 2 aliphatic heterocycles. The minimum Gasteiger partial charge on any atom is -0.399 e. The van der Waals surface area contributed by atoms with Crippen LogP contribution in [0.2, 0.25) is 57.1 Å². The molecule has 126 heavy (non-hydrogen) atoms. The SMILES string of the molecule is CCC[CH2][Sn]([CH2]CCC)([CH2]CCC)[c]1cn([Si](C)(C)C(C)(C)C)c2ncc(-c3ccc(N(C)C)cc3)cc12.CN(C)c1ccc(-c2cnc3c(c2)c(B2OC(C)(C)C(C)(C)O2)cn3S(=O)(=O)c2ccccc2)cc1.CN(C)c1ccc(-c2cnc3c(c2)c(Br)cn3COCC[Si](C)(C)C)cc1.Ic1cn(OOSc2ccccc2)c2ncc(N3CCOCC3)cc12. The number of hydrogen-bond acceptors (Lipinski definition) is 17. The Hall–Kier alpha value is -7.53. The number of nitrogens with zero attached hydrogens (tertiary/aromatic N) is 12. The van der Waals surface area contributed by atoms with Crippen LogP contribution in [0.25, 0.3) is 77.5 Å². The Morgan fingerprint density at radius 2 is 1.05 bits per heavy atom. The summed E-state index contributed by atoms with van der Waals surface area (Å²) in [5.41, 5.74) is 14.0. The van der Waals surface area contributed by atoms with E-state index in [2.05, 4.69) is 246 Å². The molecule has 15 rings (SSSR count). The van der Waals surface area contributed by atoms with Gasteiger partial charge in [0.15, 0.2) is 11.3 Å². The molecular formula is C98H129BBrIN12O8S2Si2Sn. The van der Waals surface area contributed by atoms with Gasteiger partial charge in [0, 0.05) is 138 Å². The third-order valence-electron chi connectivity index (χ3n) is 25.1. The molecule has 20 nitrogen and oxygen atoms in total. The Kier molecular flexibility index (Phi) is 32.6. The first kappa shape index (κ1) is 97.5. The molecule has 2 fully saturated rings. The van der Waals surface area contributed by atoms with Gasteiger partial charge >= 0.3 is 248 Å². The van der Waals surface area contributed by atoms with Crippen LogP contribution in [-0.2, 0) is 39.9 Å². The Balaban J connectivity index is 0.000000155. The maximum atomic E-state index is 13.6. The molecule has 2 saturated heterocycles. The van der Waals surface area contributed by atoms with Gasteiger partial charge in [-0.15, -0.1) is 4.73 Å². The average molecular weight is 2060 g/mol. The first-order valence-electron chi connectivity index (χ1n) is 44.2. The van der Waals surface area contributed by atoms with E-state index in [-0.39, 0.29) is 9.93 Å². The topological polar surface area (TPSA) is 174 Å². The van der Waals surface area contributed by atoms with Gasteiger partial charge in [-0.3, -0.25) is 0 Å². The summed E-state index contributed by atoms with van der Waals surface area (Å²) in [7, 11) is 4.78. The predicted molar refractivity (Wildman–Crippen MR) is 548 cm³/mol. The van der Waals surface area contributed by atoms with Crippen molar-refractivity contribution in [2.24, 2.45) is 0 Å². The summed E-state index contributed by atoms with van der Waals surface area (Å²) in [6.45, 7) is 39.2. The second-order valence-electron chi connectivity index (χ2n) is 37.5. The van der Waals surface area contributed by atoms with Crippen molar-refractivity contribution in [1.29, 1.82) is 0 Å². The molecule has 0 atom stereocenters. The second-order valence-corrected chi connectivity index (χ2v) is 66.0. The third-order valence-corrected chi connectivity index (χ3v) is 51.4. The summed E-state index contributed by atoms with van der Waals surface area (Å²) in [5, 5.41) is 4.56. The van der Waals surface area contributed by atoms with E-state index in [4.69, 9.17) is 38.1 Å². The van der Waals surface area contributed by atoms with Crippen molar-refractivity contribution in [3.63, 3.8) is 0 Å². The van der Waals surface area contributed by atoms with E-state index in [1.807, 2.05) is 140 Å². The number of hydrogen-bond donors (Lipinski definition) is 0. The van der Waals surface area contributed by atoms with Crippen molar-refractivity contribution in [3.8, 4) is 33.4 Å². The Morgan fingerprint density at radius 3 is 1.54 bits per heavy atom. The molecule has 10 heterocycles. The molecule has 8 aromatic heterocycles. The number of aromatic nitrogens is 8. The van der Waals surface area contributed by atoms with Gasteiger partial charge in [-0.05, 0) is 150 Å². The molecule has 0 spiro atoms. The van der Waals surface area contributed by atoms with E-state index in [0.29, 0.717) is 23.2 Å². The van der Waals surface area contributed by atoms with Crippen molar-refractivity contribution in [1.82, 2.24) is 37.4 Å². The predicted octanol–water partition coefficient (Wildman–Crippen LogP) is 23.4. The number of benzene rings is 5. The van der Waals surface area contributed by atoms with Crippen LogP contribution in [0, 0.1) is 3.57 Å². The van der Waals surface area contributed by atoms with Gasteiger partial charge in [0.05, 0.1) is 59.4 Å². The van der Waals surface area contributed by atoms with Crippen LogP contribution in [0.5, 0.6) is 0 Å². The van der Waals surface area contributed by atoms with E-state index in [0.717, 1.165) is 108 Å². The smallest absolute Gasteiger partial charge is 0.399 e. The number of pyridine rings is 4. The van der Waals surface area contributed by atoms with Crippen molar-refractivity contribution in [2.45, 2.75) is 193 Å². The fraction of sp³-hybridized carbons (Fsp3) is 0.408. The fourth-order valence-electron chi connectivity index (χ4n) is 15.5. The molecule has 670 valence electrons. The van der Waals surface area contributed by atoms with E-state index < -0.39 is 63.0 Å². The summed E-state index contributed by atoms with van der Waals surface area (Å²) in [6.07, 6.45) is 23.9. The monoisotopic (exact) mass is 2060 g/mol. The van der Waals surface area contributed by atoms with Gasteiger partial charge < -0.3 is 38.0 Å². The van der Waals surface area contributed by atoms with Crippen LogP contribution in [0.3, 0.4) is 0 Å². The van der Waals surface area contributed by atoms with Crippen molar-refractivity contribution in [2.75, 3.05) is 94.8 Å². The quantitative estimate of drug-likeness (QED) is 0.0104. The van der Waals surface area contributed by atoms with Crippen LogP contribution >= 0.6 is 50.6 Å². The minimum absolute atomic E-state index is 0.188. The molecule has 0 N–H and O–H groups in total. The maximum Gasteiger partial charge on any atom is 0.497 e. The minimum atomic E-state index is -3.89. The van der Waals surface area contributed by atoms with E-state index in [1.165, 1.54) is 101 Å². The van der Waals surface area contributed by atoms with Gasteiger partial charge in [-0.25, -0.2) is 32.3 Å². The first-order chi connectivity index (χ1) is 59.9. The first-order valence-corrected chi connectivity index (χ1v) is 62.4. The van der Waals surface area contributed by atoms with Crippen LogP contribution < -0.4 is 33.6 Å². The molecule has 0 bridgehead atoms. The van der Waals surface area contributed by atoms with E-state index in [9.17, 15) is 8.42 Å².